The molecule has 0 radical (unpaired) electrons. The Morgan fingerprint density at radius 1 is 0.968 bits per heavy atom. The number of cyclic esters (lactones) is 1. The van der Waals surface area contributed by atoms with Crippen molar-refractivity contribution in [3.8, 4) is 11.1 Å². The van der Waals surface area contributed by atoms with Gasteiger partial charge < -0.3 is 9.47 Å². The molecule has 1 aliphatic heterocycles. The van der Waals surface area contributed by atoms with Crippen LogP contribution < -0.4 is 0 Å². The van der Waals surface area contributed by atoms with E-state index in [1.165, 1.54) is 16.0 Å². The van der Waals surface area contributed by atoms with Gasteiger partial charge in [0, 0.05) is 15.9 Å². The molecule has 0 saturated carbocycles. The smallest absolute Gasteiger partial charge is 0.413 e. The van der Waals surface area contributed by atoms with Crippen molar-refractivity contribution in [2.75, 3.05) is 13.3 Å². The Bertz CT molecular complexity index is 1100. The second-order valence-electron chi connectivity index (χ2n) is 7.71. The summed E-state index contributed by atoms with van der Waals surface area (Å²) in [7, 11) is 0. The number of amides is 1. The molecule has 0 aromatic heterocycles. The maximum Gasteiger partial charge on any atom is 0.413 e. The van der Waals surface area contributed by atoms with Crippen molar-refractivity contribution in [2.24, 2.45) is 0 Å². The molecule has 0 unspecified atom stereocenters. The van der Waals surface area contributed by atoms with Gasteiger partial charge in [0.05, 0.1) is 0 Å². The van der Waals surface area contributed by atoms with Crippen molar-refractivity contribution in [3.63, 3.8) is 0 Å². The average molecular weight is 525 g/mol. The highest BCUT2D eigenvalue weighted by molar-refractivity contribution is 14.1. The molecule has 0 spiro atoms. The van der Waals surface area contributed by atoms with Crippen LogP contribution in [0.4, 0.5) is 4.79 Å². The van der Waals surface area contributed by atoms with Gasteiger partial charge >= 0.3 is 12.1 Å². The molecule has 156 valence electrons. The fraction of sp³-hybridized carbons (Fsp3) is 0.200. The summed E-state index contributed by atoms with van der Waals surface area (Å²) in [5.41, 5.74) is 5.63. The number of fused-ring (bicyclic) bond motifs is 3. The lowest BCUT2D eigenvalue weighted by atomic mass is 9.98. The minimum atomic E-state index is -0.671. The molecule has 6 heteroatoms. The number of esters is 1. The van der Waals surface area contributed by atoms with E-state index in [-0.39, 0.29) is 19.3 Å². The summed E-state index contributed by atoms with van der Waals surface area (Å²) in [6.07, 6.45) is -0.122. The number of carbonyl (C=O) groups is 2. The largest absolute Gasteiger partial charge is 0.448 e. The molecule has 31 heavy (non-hydrogen) atoms. The fourth-order valence-corrected chi connectivity index (χ4v) is 4.70. The van der Waals surface area contributed by atoms with Crippen molar-refractivity contribution >= 4 is 34.7 Å². The highest BCUT2D eigenvalue weighted by Crippen LogP contribution is 2.44. The van der Waals surface area contributed by atoms with Crippen molar-refractivity contribution < 1.29 is 19.1 Å². The number of rotatable bonds is 4. The van der Waals surface area contributed by atoms with Crippen molar-refractivity contribution in [3.05, 3.63) is 93.1 Å². The van der Waals surface area contributed by atoms with Gasteiger partial charge in [0.1, 0.15) is 12.6 Å². The molecular formula is C25H20INO4. The van der Waals surface area contributed by atoms with Gasteiger partial charge in [-0.25, -0.2) is 9.59 Å². The van der Waals surface area contributed by atoms with Gasteiger partial charge in [0.2, 0.25) is 0 Å². The molecule has 3 aromatic rings. The third kappa shape index (κ3) is 3.80. The topological polar surface area (TPSA) is 55.8 Å². The van der Waals surface area contributed by atoms with Gasteiger partial charge in [-0.05, 0) is 62.5 Å². The van der Waals surface area contributed by atoms with E-state index in [4.69, 9.17) is 9.47 Å². The van der Waals surface area contributed by atoms with Gasteiger partial charge in [0.25, 0.3) is 0 Å². The molecule has 5 nitrogen and oxygen atoms in total. The van der Waals surface area contributed by atoms with Crippen molar-refractivity contribution in [1.82, 2.24) is 4.90 Å². The SMILES string of the molecule is O=C1OCN(C(=O)OCC2c3ccccc3-c3ccccc32)[C@H]1Cc1ccc(I)cc1. The first-order valence-corrected chi connectivity index (χ1v) is 11.2. The van der Waals surface area contributed by atoms with Gasteiger partial charge in [0.15, 0.2) is 6.73 Å². The van der Waals surface area contributed by atoms with Crippen LogP contribution in [0.2, 0.25) is 0 Å². The van der Waals surface area contributed by atoms with E-state index in [9.17, 15) is 9.59 Å². The monoisotopic (exact) mass is 525 g/mol. The van der Waals surface area contributed by atoms with Crippen LogP contribution in [0, 0.1) is 3.57 Å². The van der Waals surface area contributed by atoms with Gasteiger partial charge in [-0.15, -0.1) is 0 Å². The highest BCUT2D eigenvalue weighted by atomic mass is 127. The standard InChI is InChI=1S/C25H20INO4/c26-17-11-9-16(10-12-17)13-23-24(28)31-15-27(23)25(29)30-14-22-20-7-3-1-5-18(20)19-6-2-4-8-21(19)22/h1-12,22-23H,13-15H2/t23-/m0/s1. The summed E-state index contributed by atoms with van der Waals surface area (Å²) < 4.78 is 12.0. The van der Waals surface area contributed by atoms with Crippen LogP contribution >= 0.6 is 22.6 Å². The molecule has 0 N–H and O–H groups in total. The van der Waals surface area contributed by atoms with Gasteiger partial charge in [-0.2, -0.15) is 0 Å². The van der Waals surface area contributed by atoms with Crippen LogP contribution in [0.25, 0.3) is 11.1 Å². The molecule has 1 amide bonds. The van der Waals surface area contributed by atoms with Crippen LogP contribution in [-0.4, -0.2) is 36.3 Å². The first kappa shape index (κ1) is 20.1. The van der Waals surface area contributed by atoms with E-state index < -0.39 is 18.1 Å². The number of nitrogens with zero attached hydrogens (tertiary/aromatic N) is 1. The van der Waals surface area contributed by atoms with Crippen LogP contribution in [0.3, 0.4) is 0 Å². The molecule has 3 aromatic carbocycles. The first-order chi connectivity index (χ1) is 15.1. The summed E-state index contributed by atoms with van der Waals surface area (Å²) in [5.74, 6) is -0.419. The fourth-order valence-electron chi connectivity index (χ4n) is 4.34. The average Bonchev–Trinajstić information content (AvgIpc) is 3.32. The van der Waals surface area contributed by atoms with E-state index in [1.807, 2.05) is 48.5 Å². The van der Waals surface area contributed by atoms with Crippen LogP contribution in [-0.2, 0) is 20.7 Å². The molecule has 1 atom stereocenters. The number of hydrogen-bond donors (Lipinski definition) is 0. The Morgan fingerprint density at radius 3 is 2.23 bits per heavy atom. The lowest BCUT2D eigenvalue weighted by molar-refractivity contribution is -0.139. The molecule has 1 fully saturated rings. The highest BCUT2D eigenvalue weighted by Gasteiger charge is 2.39. The maximum absolute atomic E-state index is 12.9. The van der Waals surface area contributed by atoms with Crippen LogP contribution in [0.5, 0.6) is 0 Å². The normalized spacial score (nSPS) is 17.3. The first-order valence-electron chi connectivity index (χ1n) is 10.1. The third-order valence-electron chi connectivity index (χ3n) is 5.91. The molecule has 2 aliphatic rings. The maximum atomic E-state index is 12.9. The minimum absolute atomic E-state index is 0.0229. The Labute approximate surface area is 194 Å². The number of halogens is 1. The van der Waals surface area contributed by atoms with Crippen molar-refractivity contribution in [1.29, 1.82) is 0 Å². The van der Waals surface area contributed by atoms with Gasteiger partial charge in [-0.1, -0.05) is 60.7 Å². The Hall–Kier alpha value is -2.87. The predicted molar refractivity (Wildman–Crippen MR) is 125 cm³/mol. The lowest BCUT2D eigenvalue weighted by Crippen LogP contribution is -2.40. The van der Waals surface area contributed by atoms with Gasteiger partial charge in [-0.3, -0.25) is 4.90 Å². The van der Waals surface area contributed by atoms with Crippen molar-refractivity contribution in [2.45, 2.75) is 18.4 Å². The van der Waals surface area contributed by atoms with E-state index in [0.717, 1.165) is 20.3 Å². The number of benzene rings is 3. The molecule has 0 bridgehead atoms. The van der Waals surface area contributed by atoms with E-state index >= 15 is 0 Å². The lowest BCUT2D eigenvalue weighted by Gasteiger charge is -2.21. The zero-order valence-corrected chi connectivity index (χ0v) is 18.8. The summed E-state index contributed by atoms with van der Waals surface area (Å²) in [4.78, 5) is 26.6. The molecule has 1 heterocycles. The quantitative estimate of drug-likeness (QED) is 0.357. The van der Waals surface area contributed by atoms with Crippen LogP contribution in [0.1, 0.15) is 22.6 Å². The molecule has 1 saturated heterocycles. The molecule has 5 rings (SSSR count). The van der Waals surface area contributed by atoms with E-state index in [1.54, 1.807) is 0 Å². The second-order valence-corrected chi connectivity index (χ2v) is 8.96. The van der Waals surface area contributed by atoms with E-state index in [0.29, 0.717) is 6.42 Å². The zero-order chi connectivity index (χ0) is 21.4. The third-order valence-corrected chi connectivity index (χ3v) is 6.63. The summed E-state index contributed by atoms with van der Waals surface area (Å²) in [6.45, 7) is 0.137. The Balaban J connectivity index is 1.31. The molecular weight excluding hydrogens is 505 g/mol. The Morgan fingerprint density at radius 2 is 1.58 bits per heavy atom. The summed E-state index contributed by atoms with van der Waals surface area (Å²) >= 11 is 2.23. The second kappa shape index (κ2) is 8.34. The Kier molecular flexibility index (Phi) is 5.40. The number of hydrogen-bond acceptors (Lipinski definition) is 4. The minimum Gasteiger partial charge on any atom is -0.448 e. The predicted octanol–water partition coefficient (Wildman–Crippen LogP) is 4.97. The number of carbonyl (C=O) groups excluding carboxylic acids is 2. The zero-order valence-electron chi connectivity index (χ0n) is 16.7. The van der Waals surface area contributed by atoms with Crippen LogP contribution in [0.15, 0.2) is 72.8 Å². The number of ether oxygens (including phenoxy) is 2. The summed E-state index contributed by atoms with van der Waals surface area (Å²) in [5, 5.41) is 0. The summed E-state index contributed by atoms with van der Waals surface area (Å²) in [6, 6.07) is 23.6. The molecule has 1 aliphatic carbocycles. The van der Waals surface area contributed by atoms with E-state index in [2.05, 4.69) is 46.9 Å².